The molecule has 0 bridgehead atoms. The number of ether oxygens (including phenoxy) is 1. The van der Waals surface area contributed by atoms with Gasteiger partial charge in [0.1, 0.15) is 23.6 Å². The molecule has 0 atom stereocenters. The third-order valence-corrected chi connectivity index (χ3v) is 6.34. The van der Waals surface area contributed by atoms with Crippen LogP contribution in [0.2, 0.25) is 0 Å². The lowest BCUT2D eigenvalue weighted by Gasteiger charge is -2.22. The van der Waals surface area contributed by atoms with Crippen molar-refractivity contribution in [2.24, 2.45) is 5.73 Å². The summed E-state index contributed by atoms with van der Waals surface area (Å²) in [5, 5.41) is 14.0. The van der Waals surface area contributed by atoms with Crippen molar-refractivity contribution in [1.29, 1.82) is 0 Å². The first-order valence-corrected chi connectivity index (χ1v) is 12.1. The van der Waals surface area contributed by atoms with Gasteiger partial charge in [-0.2, -0.15) is 5.10 Å². The average molecular weight is 498 g/mol. The Morgan fingerprint density at radius 2 is 1.73 bits per heavy atom. The number of nitrogens with zero attached hydrogens (tertiary/aromatic N) is 5. The molecule has 3 heterocycles. The van der Waals surface area contributed by atoms with Crippen LogP contribution in [0.25, 0.3) is 33.2 Å². The van der Waals surface area contributed by atoms with E-state index in [0.29, 0.717) is 17.7 Å². The summed E-state index contributed by atoms with van der Waals surface area (Å²) in [6.07, 6.45) is 6.12. The maximum Gasteiger partial charge on any atom is 0.402 e. The molecule has 6 rings (SSSR count). The van der Waals surface area contributed by atoms with E-state index in [9.17, 15) is 0 Å². The lowest BCUT2D eigenvalue weighted by Crippen LogP contribution is -2.14. The van der Waals surface area contributed by atoms with E-state index in [4.69, 9.17) is 30.5 Å². The Bertz CT molecular complexity index is 1540. The third kappa shape index (κ3) is 5.27. The number of carbonyl (C=O) groups is 1. The molecular weight excluding hydrogens is 470 g/mol. The number of hydrogen-bond donors (Lipinski definition) is 3. The fourth-order valence-corrected chi connectivity index (χ4v) is 4.69. The Balaban J connectivity index is 0.000000655. The van der Waals surface area contributed by atoms with E-state index >= 15 is 0 Å². The molecule has 1 aliphatic carbocycles. The zero-order valence-corrected chi connectivity index (χ0v) is 20.1. The number of nitrogen functional groups attached to an aromatic ring is 1. The van der Waals surface area contributed by atoms with Crippen LogP contribution in [0.5, 0.6) is 11.6 Å². The minimum Gasteiger partial charge on any atom is -0.465 e. The van der Waals surface area contributed by atoms with Gasteiger partial charge in [0.25, 0.3) is 0 Å². The molecule has 1 saturated carbocycles. The Morgan fingerprint density at radius 3 is 2.49 bits per heavy atom. The number of rotatable bonds is 4. The molecule has 5 N–H and O–H groups in total. The van der Waals surface area contributed by atoms with Gasteiger partial charge in [0.15, 0.2) is 5.65 Å². The number of carboxylic acid groups (broad SMARTS) is 1. The molecule has 3 aromatic heterocycles. The molecule has 0 aliphatic heterocycles. The van der Waals surface area contributed by atoms with Crippen LogP contribution in [0.3, 0.4) is 0 Å². The van der Waals surface area contributed by atoms with Crippen molar-refractivity contribution in [3.63, 3.8) is 0 Å². The van der Waals surface area contributed by atoms with E-state index in [-0.39, 0.29) is 0 Å². The largest absolute Gasteiger partial charge is 0.465 e. The van der Waals surface area contributed by atoms with Gasteiger partial charge in [-0.25, -0.2) is 24.4 Å². The average Bonchev–Trinajstić information content (AvgIpc) is 3.30. The van der Waals surface area contributed by atoms with Crippen LogP contribution in [0, 0.1) is 0 Å². The van der Waals surface area contributed by atoms with E-state index in [1.165, 1.54) is 25.6 Å². The highest BCUT2D eigenvalue weighted by Gasteiger charge is 2.23. The molecule has 1 fully saturated rings. The summed E-state index contributed by atoms with van der Waals surface area (Å²) in [7, 11) is 0. The number of aromatic nitrogens is 5. The van der Waals surface area contributed by atoms with Gasteiger partial charge in [0, 0.05) is 17.0 Å². The lowest BCUT2D eigenvalue weighted by atomic mass is 9.96. The maximum atomic E-state index is 8.78. The first-order chi connectivity index (χ1) is 18.0. The predicted octanol–water partition coefficient (Wildman–Crippen LogP) is 5.54. The number of benzene rings is 2. The van der Waals surface area contributed by atoms with Gasteiger partial charge in [-0.15, -0.1) is 0 Å². The smallest absolute Gasteiger partial charge is 0.402 e. The van der Waals surface area contributed by atoms with Crippen LogP contribution in [-0.2, 0) is 0 Å². The number of anilines is 1. The molecule has 2 aromatic carbocycles. The number of fused-ring (bicyclic) bond motifs is 2. The van der Waals surface area contributed by atoms with Crippen molar-refractivity contribution in [2.75, 3.05) is 5.73 Å². The van der Waals surface area contributed by atoms with E-state index in [1.54, 1.807) is 0 Å². The number of para-hydroxylation sites is 1. The van der Waals surface area contributed by atoms with Crippen LogP contribution in [0.4, 0.5) is 10.6 Å². The number of primary amides is 1. The highest BCUT2D eigenvalue weighted by Crippen LogP contribution is 2.36. The molecule has 1 amide bonds. The number of hydrogen-bond acceptors (Lipinski definition) is 7. The Kier molecular flexibility index (Phi) is 6.80. The summed E-state index contributed by atoms with van der Waals surface area (Å²) < 4.78 is 8.00. The standard InChI is InChI=1S/C26H24N6O.CH3NO2/c27-25-23-24(31-32(26(23)29-16-28-25)19-7-3-1-4-8-19)18-12-11-17-13-14-22(30-21(17)15-18)33-20-9-5-2-6-10-20;2-1(3)4/h2,5-6,9-16,19H,1,3-4,7-8H2,(H2,27,28,29);2H2,(H,3,4). The Hall–Kier alpha value is -4.73. The van der Waals surface area contributed by atoms with Crippen LogP contribution >= 0.6 is 0 Å². The number of amides is 1. The fourth-order valence-electron chi connectivity index (χ4n) is 4.69. The monoisotopic (exact) mass is 497 g/mol. The van der Waals surface area contributed by atoms with E-state index in [1.807, 2.05) is 48.5 Å². The van der Waals surface area contributed by atoms with Crippen molar-refractivity contribution in [2.45, 2.75) is 38.1 Å². The maximum absolute atomic E-state index is 8.78. The van der Waals surface area contributed by atoms with E-state index < -0.39 is 6.09 Å². The minimum atomic E-state index is -1.33. The third-order valence-electron chi connectivity index (χ3n) is 6.34. The molecule has 0 radical (unpaired) electrons. The molecule has 1 aliphatic rings. The zero-order valence-electron chi connectivity index (χ0n) is 20.1. The molecule has 0 saturated heterocycles. The lowest BCUT2D eigenvalue weighted by molar-refractivity contribution is 0.205. The van der Waals surface area contributed by atoms with Crippen LogP contribution in [0.1, 0.15) is 38.1 Å². The topological polar surface area (TPSA) is 155 Å². The normalized spacial score (nSPS) is 13.7. The molecule has 188 valence electrons. The van der Waals surface area contributed by atoms with Crippen LogP contribution in [0.15, 0.2) is 67.0 Å². The number of pyridine rings is 1. The fraction of sp³-hybridized carbons (Fsp3) is 0.222. The summed E-state index contributed by atoms with van der Waals surface area (Å²) in [4.78, 5) is 22.3. The van der Waals surface area contributed by atoms with Gasteiger partial charge >= 0.3 is 6.09 Å². The van der Waals surface area contributed by atoms with Crippen molar-refractivity contribution < 1.29 is 14.6 Å². The summed E-state index contributed by atoms with van der Waals surface area (Å²) in [5.41, 5.74) is 13.7. The summed E-state index contributed by atoms with van der Waals surface area (Å²) in [5.74, 6) is 1.75. The molecule has 5 aromatic rings. The van der Waals surface area contributed by atoms with Gasteiger partial charge in [-0.3, -0.25) is 0 Å². The van der Waals surface area contributed by atoms with Crippen molar-refractivity contribution in [3.05, 3.63) is 67.0 Å². The van der Waals surface area contributed by atoms with Gasteiger partial charge in [0.05, 0.1) is 16.9 Å². The van der Waals surface area contributed by atoms with Gasteiger partial charge in [-0.05, 0) is 37.1 Å². The predicted molar refractivity (Wildman–Crippen MR) is 141 cm³/mol. The van der Waals surface area contributed by atoms with Crippen molar-refractivity contribution >= 4 is 33.8 Å². The van der Waals surface area contributed by atoms with Gasteiger partial charge in [0.2, 0.25) is 5.88 Å². The zero-order chi connectivity index (χ0) is 25.8. The second-order valence-electron chi connectivity index (χ2n) is 8.85. The summed E-state index contributed by atoms with van der Waals surface area (Å²) in [6, 6.07) is 20.0. The second-order valence-corrected chi connectivity index (χ2v) is 8.85. The second kappa shape index (κ2) is 10.5. The highest BCUT2D eigenvalue weighted by atomic mass is 16.5. The Morgan fingerprint density at radius 1 is 1.00 bits per heavy atom. The SMILES string of the molecule is NC(=O)O.Nc1ncnc2c1c(-c1ccc3ccc(Oc4ccccc4)nc3c1)nn2C1CCCCC1. The van der Waals surface area contributed by atoms with Crippen molar-refractivity contribution in [1.82, 2.24) is 24.7 Å². The first-order valence-electron chi connectivity index (χ1n) is 12.1. The molecule has 37 heavy (non-hydrogen) atoms. The number of nitrogens with two attached hydrogens (primary N) is 2. The molecular formula is C27H27N7O3. The quantitative estimate of drug-likeness (QED) is 0.292. The van der Waals surface area contributed by atoms with Gasteiger partial charge in [-0.1, -0.05) is 49.6 Å². The van der Waals surface area contributed by atoms with Crippen LogP contribution in [-0.4, -0.2) is 35.9 Å². The summed E-state index contributed by atoms with van der Waals surface area (Å²) >= 11 is 0. The molecule has 0 spiro atoms. The minimum absolute atomic E-state index is 0.341. The van der Waals surface area contributed by atoms with Crippen molar-refractivity contribution in [3.8, 4) is 22.9 Å². The Labute approximate surface area is 212 Å². The molecule has 0 unspecified atom stereocenters. The highest BCUT2D eigenvalue weighted by molar-refractivity contribution is 5.99. The molecule has 10 nitrogen and oxygen atoms in total. The van der Waals surface area contributed by atoms with Crippen LogP contribution < -0.4 is 16.2 Å². The van der Waals surface area contributed by atoms with E-state index in [2.05, 4.69) is 32.5 Å². The van der Waals surface area contributed by atoms with Gasteiger partial charge < -0.3 is 21.3 Å². The van der Waals surface area contributed by atoms with E-state index in [0.717, 1.165) is 51.8 Å². The summed E-state index contributed by atoms with van der Waals surface area (Å²) in [6.45, 7) is 0. The first kappa shape index (κ1) is 24.0. The molecule has 10 heteroatoms.